The molecule has 3 nitrogen and oxygen atoms in total. The van der Waals surface area contributed by atoms with E-state index in [1.54, 1.807) is 12.2 Å². The van der Waals surface area contributed by atoms with Gasteiger partial charge in [-0.3, -0.25) is 0 Å². The van der Waals surface area contributed by atoms with Gasteiger partial charge in [0, 0.05) is 6.08 Å². The first kappa shape index (κ1) is 13.5. The Kier molecular flexibility index (Phi) is 4.46. The third-order valence-corrected chi connectivity index (χ3v) is 2.68. The van der Waals surface area contributed by atoms with Gasteiger partial charge in [0.15, 0.2) is 0 Å². The summed E-state index contributed by atoms with van der Waals surface area (Å²) in [7, 11) is 0. The van der Waals surface area contributed by atoms with Crippen LogP contribution in [0.1, 0.15) is 26.2 Å². The maximum Gasteiger partial charge on any atom is 0.328 e. The second-order valence-corrected chi connectivity index (χ2v) is 4.47. The van der Waals surface area contributed by atoms with E-state index in [0.717, 1.165) is 23.6 Å². The monoisotopic (exact) mass is 234 g/mol. The van der Waals surface area contributed by atoms with Crippen molar-refractivity contribution in [2.75, 3.05) is 0 Å². The number of allylic oxidation sites excluding steroid dienone is 4. The molecule has 3 heteroatoms. The van der Waals surface area contributed by atoms with Crippen LogP contribution in [0.25, 0.3) is 0 Å². The largest absolute Gasteiger partial charge is 0.478 e. The molecule has 0 saturated carbocycles. The fourth-order valence-corrected chi connectivity index (χ4v) is 1.59. The predicted octanol–water partition coefficient (Wildman–Crippen LogP) is 2.60. The molecule has 0 aliphatic heterocycles. The van der Waals surface area contributed by atoms with Crippen LogP contribution in [0.3, 0.4) is 0 Å². The number of rotatable bonds is 5. The van der Waals surface area contributed by atoms with Gasteiger partial charge in [-0.1, -0.05) is 23.8 Å². The van der Waals surface area contributed by atoms with E-state index >= 15 is 0 Å². The summed E-state index contributed by atoms with van der Waals surface area (Å²) in [6, 6.07) is 0. The van der Waals surface area contributed by atoms with E-state index in [-0.39, 0.29) is 0 Å². The van der Waals surface area contributed by atoms with Crippen molar-refractivity contribution < 1.29 is 15.0 Å². The highest BCUT2D eigenvalue weighted by atomic mass is 16.4. The zero-order valence-corrected chi connectivity index (χ0v) is 10.0. The molecule has 0 aromatic rings. The van der Waals surface area contributed by atoms with Crippen molar-refractivity contribution in [2.45, 2.75) is 31.8 Å². The Hall–Kier alpha value is -1.61. The lowest BCUT2D eigenvalue weighted by Crippen LogP contribution is -2.26. The minimum atomic E-state index is -0.970. The number of carboxylic acids is 1. The van der Waals surface area contributed by atoms with Gasteiger partial charge in [0.1, 0.15) is 0 Å². The predicted molar refractivity (Wildman–Crippen MR) is 67.6 cm³/mol. The Bertz CT molecular complexity index is 402. The Labute approximate surface area is 101 Å². The van der Waals surface area contributed by atoms with Crippen molar-refractivity contribution in [3.05, 3.63) is 48.1 Å². The fraction of sp³-hybridized carbons (Fsp3) is 0.357. The van der Waals surface area contributed by atoms with Crippen molar-refractivity contribution in [1.82, 2.24) is 0 Å². The summed E-state index contributed by atoms with van der Waals surface area (Å²) in [6.45, 7) is 5.74. The van der Waals surface area contributed by atoms with Crippen LogP contribution in [0.2, 0.25) is 0 Å². The van der Waals surface area contributed by atoms with E-state index in [1.165, 1.54) is 6.08 Å². The van der Waals surface area contributed by atoms with Gasteiger partial charge in [0.05, 0.1) is 5.60 Å². The van der Waals surface area contributed by atoms with Gasteiger partial charge < -0.3 is 10.2 Å². The molecule has 17 heavy (non-hydrogen) atoms. The molecule has 0 aromatic heterocycles. The molecule has 1 unspecified atom stereocenters. The average molecular weight is 234 g/mol. The molecule has 0 heterocycles. The number of aliphatic carboxylic acids is 1. The normalized spacial score (nSPS) is 23.8. The molecule has 0 amide bonds. The lowest BCUT2D eigenvalue weighted by molar-refractivity contribution is -0.131. The Balaban J connectivity index is 2.57. The Morgan fingerprint density at radius 2 is 2.35 bits per heavy atom. The van der Waals surface area contributed by atoms with Gasteiger partial charge in [-0.25, -0.2) is 4.79 Å². The summed E-state index contributed by atoms with van der Waals surface area (Å²) in [6.07, 6.45) is 9.89. The van der Waals surface area contributed by atoms with Gasteiger partial charge in [-0.05, 0) is 37.8 Å². The fourth-order valence-electron chi connectivity index (χ4n) is 1.59. The molecule has 1 aliphatic rings. The summed E-state index contributed by atoms with van der Waals surface area (Å²) in [5, 5.41) is 18.7. The molecule has 0 spiro atoms. The lowest BCUT2D eigenvalue weighted by atomic mass is 9.87. The molecule has 0 radical (unpaired) electrons. The van der Waals surface area contributed by atoms with Crippen LogP contribution in [0.4, 0.5) is 0 Å². The van der Waals surface area contributed by atoms with E-state index in [1.807, 2.05) is 13.0 Å². The average Bonchev–Trinajstić information content (AvgIpc) is 2.26. The Morgan fingerprint density at radius 1 is 1.65 bits per heavy atom. The molecule has 1 rings (SSSR count). The van der Waals surface area contributed by atoms with E-state index in [9.17, 15) is 9.90 Å². The molecular formula is C14H18O3. The quantitative estimate of drug-likeness (QED) is 0.568. The van der Waals surface area contributed by atoms with Crippen LogP contribution in [0, 0.1) is 0 Å². The van der Waals surface area contributed by atoms with Crippen molar-refractivity contribution in [3.63, 3.8) is 0 Å². The van der Waals surface area contributed by atoms with Crippen LogP contribution in [-0.2, 0) is 4.79 Å². The highest BCUT2D eigenvalue weighted by molar-refractivity contribution is 5.80. The summed E-state index contributed by atoms with van der Waals surface area (Å²) < 4.78 is 0. The summed E-state index contributed by atoms with van der Waals surface area (Å²) in [5.41, 5.74) is 1.04. The minimum absolute atomic E-state index is 0.510. The topological polar surface area (TPSA) is 57.5 Å². The molecule has 1 atom stereocenters. The maximum absolute atomic E-state index is 10.3. The maximum atomic E-state index is 10.3. The number of carbonyl (C=O) groups is 1. The third-order valence-electron chi connectivity index (χ3n) is 2.68. The second kappa shape index (κ2) is 5.64. The highest BCUT2D eigenvalue weighted by Gasteiger charge is 2.23. The lowest BCUT2D eigenvalue weighted by Gasteiger charge is -2.26. The third kappa shape index (κ3) is 4.83. The SMILES string of the molecule is C=C(C)CCC1(O)C=CC(C=CC(=O)O)=CC1. The summed E-state index contributed by atoms with van der Waals surface area (Å²) >= 11 is 0. The second-order valence-electron chi connectivity index (χ2n) is 4.47. The number of hydrogen-bond acceptors (Lipinski definition) is 2. The summed E-state index contributed by atoms with van der Waals surface area (Å²) in [5.74, 6) is -0.970. The molecule has 92 valence electrons. The first-order valence-electron chi connectivity index (χ1n) is 5.58. The van der Waals surface area contributed by atoms with Crippen molar-refractivity contribution in [3.8, 4) is 0 Å². The van der Waals surface area contributed by atoms with Crippen LogP contribution in [0.15, 0.2) is 48.1 Å². The van der Waals surface area contributed by atoms with E-state index in [0.29, 0.717) is 12.8 Å². The molecule has 0 bridgehead atoms. The zero-order valence-electron chi connectivity index (χ0n) is 10.0. The van der Waals surface area contributed by atoms with E-state index < -0.39 is 11.6 Å². The van der Waals surface area contributed by atoms with Crippen LogP contribution >= 0.6 is 0 Å². The molecule has 0 fully saturated rings. The first-order chi connectivity index (χ1) is 7.91. The van der Waals surface area contributed by atoms with Crippen LogP contribution < -0.4 is 0 Å². The van der Waals surface area contributed by atoms with Crippen LogP contribution in [-0.4, -0.2) is 21.8 Å². The smallest absolute Gasteiger partial charge is 0.328 e. The Morgan fingerprint density at radius 3 is 2.82 bits per heavy atom. The van der Waals surface area contributed by atoms with Gasteiger partial charge >= 0.3 is 5.97 Å². The number of aliphatic hydroxyl groups is 1. The van der Waals surface area contributed by atoms with Gasteiger partial charge in [-0.2, -0.15) is 0 Å². The number of hydrogen-bond donors (Lipinski definition) is 2. The highest BCUT2D eigenvalue weighted by Crippen LogP contribution is 2.27. The molecule has 1 aliphatic carbocycles. The van der Waals surface area contributed by atoms with Crippen molar-refractivity contribution in [2.24, 2.45) is 0 Å². The van der Waals surface area contributed by atoms with Gasteiger partial charge in [0.2, 0.25) is 0 Å². The molecule has 0 saturated heterocycles. The molecule has 2 N–H and O–H groups in total. The zero-order chi connectivity index (χ0) is 12.9. The first-order valence-corrected chi connectivity index (χ1v) is 5.58. The standard InChI is InChI=1S/C14H18O3/c1-11(2)5-8-14(17)9-6-12(7-10-14)3-4-13(15)16/h3-4,6-7,9,17H,1,5,8,10H2,2H3,(H,15,16). The number of carboxylic acid groups (broad SMARTS) is 1. The van der Waals surface area contributed by atoms with Gasteiger partial charge in [0.25, 0.3) is 0 Å². The van der Waals surface area contributed by atoms with Crippen LogP contribution in [0.5, 0.6) is 0 Å². The molecular weight excluding hydrogens is 216 g/mol. The van der Waals surface area contributed by atoms with Gasteiger partial charge in [-0.15, -0.1) is 6.58 Å². The van der Waals surface area contributed by atoms with E-state index in [2.05, 4.69) is 6.58 Å². The van der Waals surface area contributed by atoms with Crippen molar-refractivity contribution in [1.29, 1.82) is 0 Å². The van der Waals surface area contributed by atoms with Crippen molar-refractivity contribution >= 4 is 5.97 Å². The van der Waals surface area contributed by atoms with E-state index in [4.69, 9.17) is 5.11 Å². The molecule has 0 aromatic carbocycles. The summed E-state index contributed by atoms with van der Waals surface area (Å²) in [4.78, 5) is 10.3. The minimum Gasteiger partial charge on any atom is -0.478 e.